The lowest BCUT2D eigenvalue weighted by atomic mass is 9.69. The Morgan fingerprint density at radius 3 is 2.24 bits per heavy atom. The fraction of sp³-hybridized carbons (Fsp3) is 0.696. The zero-order valence-electron chi connectivity index (χ0n) is 16.0. The van der Waals surface area contributed by atoms with E-state index in [4.69, 9.17) is 4.74 Å². The van der Waals surface area contributed by atoms with Gasteiger partial charge in [0.1, 0.15) is 5.75 Å². The first-order chi connectivity index (χ1) is 12.2. The van der Waals surface area contributed by atoms with Gasteiger partial charge in [0.25, 0.3) is 0 Å². The van der Waals surface area contributed by atoms with Gasteiger partial charge in [0.05, 0.1) is 5.92 Å². The lowest BCUT2D eigenvalue weighted by Gasteiger charge is -2.37. The molecule has 2 nitrogen and oxygen atoms in total. The zero-order valence-corrected chi connectivity index (χ0v) is 16.0. The molecule has 0 spiro atoms. The van der Waals surface area contributed by atoms with E-state index in [1.807, 2.05) is 31.2 Å². The van der Waals surface area contributed by atoms with Crippen molar-refractivity contribution in [3.8, 4) is 5.75 Å². The van der Waals surface area contributed by atoms with E-state index in [1.54, 1.807) is 0 Å². The first kappa shape index (κ1) is 18.5. The Kier molecular flexibility index (Phi) is 6.56. The summed E-state index contributed by atoms with van der Waals surface area (Å²) in [7, 11) is 0. The molecule has 0 unspecified atom stereocenters. The molecule has 2 heteroatoms. The minimum absolute atomic E-state index is 0.0179. The quantitative estimate of drug-likeness (QED) is 0.463. The summed E-state index contributed by atoms with van der Waals surface area (Å²) >= 11 is 0. The summed E-state index contributed by atoms with van der Waals surface area (Å²) in [4.78, 5) is 12.5. The summed E-state index contributed by atoms with van der Waals surface area (Å²) in [6, 6.07) is 7.80. The molecule has 2 fully saturated rings. The van der Waals surface area contributed by atoms with Crippen molar-refractivity contribution in [1.29, 1.82) is 0 Å². The second-order valence-electron chi connectivity index (χ2n) is 8.42. The van der Waals surface area contributed by atoms with Gasteiger partial charge in [0, 0.05) is 0 Å². The molecule has 0 radical (unpaired) electrons. The van der Waals surface area contributed by atoms with Crippen LogP contribution in [0.2, 0.25) is 0 Å². The second-order valence-corrected chi connectivity index (χ2v) is 8.42. The second kappa shape index (κ2) is 8.87. The number of hydrogen-bond acceptors (Lipinski definition) is 2. The maximum atomic E-state index is 12.5. The van der Waals surface area contributed by atoms with Gasteiger partial charge < -0.3 is 4.74 Å². The standard InChI is InChI=1S/C23H34O2/c1-3-5-18-8-10-19(11-9-18)20-12-14-21(15-13-20)23(24)25-22-7-4-6-17(2)16-22/h4,6-7,16,18-21H,3,5,8-15H2,1-2H3/t18-,19-,20-,21-. The van der Waals surface area contributed by atoms with Crippen LogP contribution < -0.4 is 4.74 Å². The molecule has 0 atom stereocenters. The predicted octanol–water partition coefficient (Wildman–Crippen LogP) is 6.31. The third-order valence-electron chi connectivity index (χ3n) is 6.57. The smallest absolute Gasteiger partial charge is 0.314 e. The van der Waals surface area contributed by atoms with Crippen LogP contribution in [0.5, 0.6) is 5.75 Å². The third-order valence-corrected chi connectivity index (χ3v) is 6.57. The highest BCUT2D eigenvalue weighted by molar-refractivity contribution is 5.75. The lowest BCUT2D eigenvalue weighted by Crippen LogP contribution is -2.30. The van der Waals surface area contributed by atoms with Crippen molar-refractivity contribution in [2.75, 3.05) is 0 Å². The van der Waals surface area contributed by atoms with Crippen LogP contribution in [0.1, 0.15) is 76.7 Å². The molecule has 0 aromatic heterocycles. The van der Waals surface area contributed by atoms with Crippen LogP contribution in [0.15, 0.2) is 24.3 Å². The van der Waals surface area contributed by atoms with Crippen LogP contribution in [0.25, 0.3) is 0 Å². The Morgan fingerprint density at radius 2 is 1.64 bits per heavy atom. The summed E-state index contributed by atoms with van der Waals surface area (Å²) < 4.78 is 5.62. The van der Waals surface area contributed by atoms with Gasteiger partial charge >= 0.3 is 5.97 Å². The lowest BCUT2D eigenvalue weighted by molar-refractivity contribution is -0.140. The van der Waals surface area contributed by atoms with Crippen molar-refractivity contribution in [1.82, 2.24) is 0 Å². The number of ether oxygens (including phenoxy) is 1. The van der Waals surface area contributed by atoms with Gasteiger partial charge in [-0.1, -0.05) is 44.7 Å². The Morgan fingerprint density at radius 1 is 1.00 bits per heavy atom. The van der Waals surface area contributed by atoms with Crippen molar-refractivity contribution in [3.05, 3.63) is 29.8 Å². The monoisotopic (exact) mass is 342 g/mol. The predicted molar refractivity (Wildman–Crippen MR) is 103 cm³/mol. The van der Waals surface area contributed by atoms with Gasteiger partial charge in [-0.3, -0.25) is 4.79 Å². The summed E-state index contributed by atoms with van der Waals surface area (Å²) in [5.41, 5.74) is 1.13. The van der Waals surface area contributed by atoms with Crippen LogP contribution in [0, 0.1) is 30.6 Å². The fourth-order valence-corrected chi connectivity index (χ4v) is 5.06. The molecule has 0 saturated heterocycles. The number of carbonyl (C=O) groups is 1. The van der Waals surface area contributed by atoms with E-state index in [9.17, 15) is 4.79 Å². The largest absolute Gasteiger partial charge is 0.426 e. The zero-order chi connectivity index (χ0) is 17.6. The minimum atomic E-state index is -0.0179. The van der Waals surface area contributed by atoms with Gasteiger partial charge in [0.2, 0.25) is 0 Å². The van der Waals surface area contributed by atoms with Gasteiger partial charge in [0.15, 0.2) is 0 Å². The highest BCUT2D eigenvalue weighted by atomic mass is 16.5. The molecule has 0 bridgehead atoms. The van der Waals surface area contributed by atoms with E-state index in [1.165, 1.54) is 51.4 Å². The molecule has 0 N–H and O–H groups in total. The molecule has 2 aliphatic rings. The summed E-state index contributed by atoms with van der Waals surface area (Å²) in [6.07, 6.45) is 13.0. The Labute approximate surface area is 153 Å². The number of rotatable bonds is 5. The first-order valence-electron chi connectivity index (χ1n) is 10.4. The van der Waals surface area contributed by atoms with Crippen LogP contribution in [0.4, 0.5) is 0 Å². The maximum Gasteiger partial charge on any atom is 0.314 e. The highest BCUT2D eigenvalue weighted by Gasteiger charge is 2.33. The Hall–Kier alpha value is -1.31. The molecule has 25 heavy (non-hydrogen) atoms. The fourth-order valence-electron chi connectivity index (χ4n) is 5.06. The molecule has 3 rings (SSSR count). The Bertz CT molecular complexity index is 549. The van der Waals surface area contributed by atoms with Crippen LogP contribution in [0.3, 0.4) is 0 Å². The average Bonchev–Trinajstić information content (AvgIpc) is 2.63. The molecule has 0 heterocycles. The summed E-state index contributed by atoms with van der Waals surface area (Å²) in [5.74, 6) is 3.54. The minimum Gasteiger partial charge on any atom is -0.426 e. The molecular formula is C23H34O2. The number of carbonyl (C=O) groups excluding carboxylic acids is 1. The maximum absolute atomic E-state index is 12.5. The van der Waals surface area contributed by atoms with Crippen LogP contribution in [-0.4, -0.2) is 5.97 Å². The van der Waals surface area contributed by atoms with Gasteiger partial charge in [-0.15, -0.1) is 0 Å². The van der Waals surface area contributed by atoms with Crippen molar-refractivity contribution >= 4 is 5.97 Å². The van der Waals surface area contributed by atoms with E-state index >= 15 is 0 Å². The number of hydrogen-bond donors (Lipinski definition) is 0. The molecule has 1 aromatic carbocycles. The van der Waals surface area contributed by atoms with E-state index in [0.717, 1.165) is 36.2 Å². The SMILES string of the molecule is CCC[C@H]1CC[C@H]([C@H]2CC[C@H](C(=O)Oc3cccc(C)c3)CC2)CC1. The topological polar surface area (TPSA) is 26.3 Å². The van der Waals surface area contributed by atoms with Gasteiger partial charge in [-0.2, -0.15) is 0 Å². The number of benzene rings is 1. The van der Waals surface area contributed by atoms with Crippen molar-refractivity contribution in [3.63, 3.8) is 0 Å². The number of aryl methyl sites for hydroxylation is 1. The van der Waals surface area contributed by atoms with Crippen molar-refractivity contribution in [2.45, 2.75) is 78.1 Å². The van der Waals surface area contributed by atoms with Crippen LogP contribution in [-0.2, 0) is 4.79 Å². The highest BCUT2D eigenvalue weighted by Crippen LogP contribution is 2.42. The Balaban J connectivity index is 1.43. The van der Waals surface area contributed by atoms with Crippen molar-refractivity contribution < 1.29 is 9.53 Å². The van der Waals surface area contributed by atoms with E-state index in [0.29, 0.717) is 5.75 Å². The molecule has 1 aromatic rings. The van der Waals surface area contributed by atoms with E-state index in [-0.39, 0.29) is 11.9 Å². The van der Waals surface area contributed by atoms with Gasteiger partial charge in [-0.05, 0) is 80.9 Å². The normalized spacial score (nSPS) is 30.0. The van der Waals surface area contributed by atoms with Gasteiger partial charge in [-0.25, -0.2) is 0 Å². The molecule has 2 saturated carbocycles. The summed E-state index contributed by atoms with van der Waals surface area (Å²) in [6.45, 7) is 4.33. The average molecular weight is 343 g/mol. The summed E-state index contributed by atoms with van der Waals surface area (Å²) in [5, 5.41) is 0. The molecule has 0 aliphatic heterocycles. The number of esters is 1. The van der Waals surface area contributed by atoms with E-state index < -0.39 is 0 Å². The molecular weight excluding hydrogens is 308 g/mol. The first-order valence-corrected chi connectivity index (χ1v) is 10.4. The van der Waals surface area contributed by atoms with E-state index in [2.05, 4.69) is 6.92 Å². The van der Waals surface area contributed by atoms with Crippen molar-refractivity contribution in [2.24, 2.45) is 23.7 Å². The molecule has 138 valence electrons. The molecule has 0 amide bonds. The third kappa shape index (κ3) is 5.09. The van der Waals surface area contributed by atoms with Crippen LogP contribution >= 0.6 is 0 Å². The molecule has 2 aliphatic carbocycles.